The van der Waals surface area contributed by atoms with Crippen LogP contribution in [0.15, 0.2) is 22.7 Å². The Balaban J connectivity index is 2.31. The van der Waals surface area contributed by atoms with E-state index in [9.17, 15) is 4.39 Å². The molecule has 0 radical (unpaired) electrons. The van der Waals surface area contributed by atoms with Crippen LogP contribution in [0.5, 0.6) is 0 Å². The third kappa shape index (κ3) is 2.76. The fourth-order valence-electron chi connectivity index (χ4n) is 2.90. The Morgan fingerprint density at radius 1 is 1.50 bits per heavy atom. The molecule has 0 aliphatic carbocycles. The van der Waals surface area contributed by atoms with E-state index in [-0.39, 0.29) is 11.9 Å². The van der Waals surface area contributed by atoms with Crippen LogP contribution < -0.4 is 5.73 Å². The second-order valence-corrected chi connectivity index (χ2v) is 5.85. The zero-order chi connectivity index (χ0) is 13.1. The van der Waals surface area contributed by atoms with Gasteiger partial charge in [-0.25, -0.2) is 4.39 Å². The van der Waals surface area contributed by atoms with Crippen molar-refractivity contribution in [2.75, 3.05) is 19.6 Å². The number of likely N-dealkylation sites (tertiary alicyclic amines) is 1. The number of hydrogen-bond acceptors (Lipinski definition) is 2. The highest BCUT2D eigenvalue weighted by molar-refractivity contribution is 9.10. The molecule has 0 aromatic heterocycles. The molecule has 4 heteroatoms. The van der Waals surface area contributed by atoms with E-state index in [1.807, 2.05) is 12.1 Å². The maximum absolute atomic E-state index is 14.1. The van der Waals surface area contributed by atoms with Gasteiger partial charge in [-0.15, -0.1) is 0 Å². The van der Waals surface area contributed by atoms with Crippen LogP contribution in [0.1, 0.15) is 31.4 Å². The van der Waals surface area contributed by atoms with Crippen molar-refractivity contribution < 1.29 is 4.39 Å². The Morgan fingerprint density at radius 2 is 2.28 bits per heavy atom. The molecule has 1 aromatic carbocycles. The summed E-state index contributed by atoms with van der Waals surface area (Å²) in [7, 11) is 0. The summed E-state index contributed by atoms with van der Waals surface area (Å²) in [6, 6.07) is 5.49. The smallest absolute Gasteiger partial charge is 0.129 e. The van der Waals surface area contributed by atoms with E-state index in [0.717, 1.165) is 36.0 Å². The van der Waals surface area contributed by atoms with E-state index in [2.05, 4.69) is 27.8 Å². The molecule has 1 saturated heterocycles. The Labute approximate surface area is 116 Å². The van der Waals surface area contributed by atoms with Crippen LogP contribution in [0, 0.1) is 11.7 Å². The lowest BCUT2D eigenvalue weighted by molar-refractivity contribution is 0.225. The van der Waals surface area contributed by atoms with Gasteiger partial charge in [-0.2, -0.15) is 0 Å². The molecule has 100 valence electrons. The number of nitrogens with zero attached hydrogens (tertiary/aromatic N) is 1. The zero-order valence-electron chi connectivity index (χ0n) is 10.7. The lowest BCUT2D eigenvalue weighted by Gasteiger charge is -2.28. The lowest BCUT2D eigenvalue weighted by Crippen LogP contribution is -2.29. The lowest BCUT2D eigenvalue weighted by atomic mass is 9.93. The molecule has 2 nitrogen and oxygen atoms in total. The van der Waals surface area contributed by atoms with E-state index in [4.69, 9.17) is 5.73 Å². The monoisotopic (exact) mass is 314 g/mol. The van der Waals surface area contributed by atoms with Crippen LogP contribution in [-0.4, -0.2) is 24.5 Å². The molecule has 18 heavy (non-hydrogen) atoms. The van der Waals surface area contributed by atoms with Crippen molar-refractivity contribution in [1.29, 1.82) is 0 Å². The molecule has 0 amide bonds. The van der Waals surface area contributed by atoms with Gasteiger partial charge in [-0.1, -0.05) is 28.9 Å². The third-order valence-corrected chi connectivity index (χ3v) is 4.21. The van der Waals surface area contributed by atoms with Crippen molar-refractivity contribution in [3.8, 4) is 0 Å². The van der Waals surface area contributed by atoms with Crippen LogP contribution in [0.3, 0.4) is 0 Å². The van der Waals surface area contributed by atoms with Crippen molar-refractivity contribution in [3.05, 3.63) is 34.1 Å². The first kappa shape index (κ1) is 14.0. The van der Waals surface area contributed by atoms with Crippen LogP contribution in [-0.2, 0) is 0 Å². The first-order chi connectivity index (χ1) is 8.67. The topological polar surface area (TPSA) is 29.3 Å². The van der Waals surface area contributed by atoms with Crippen LogP contribution in [0.25, 0.3) is 0 Å². The van der Waals surface area contributed by atoms with E-state index >= 15 is 0 Å². The highest BCUT2D eigenvalue weighted by Crippen LogP contribution is 2.38. The molecule has 2 unspecified atom stereocenters. The summed E-state index contributed by atoms with van der Waals surface area (Å²) >= 11 is 3.30. The standard InChI is InChI=1S/C14H20BrFN2/c1-2-6-18-7-5-10(9-17)14(18)12-4-3-11(15)8-13(12)16/h3-4,8,10,14H,2,5-7,9,17H2,1H3. The molecule has 0 spiro atoms. The summed E-state index contributed by atoms with van der Waals surface area (Å²) in [4.78, 5) is 2.36. The van der Waals surface area contributed by atoms with Crippen molar-refractivity contribution in [3.63, 3.8) is 0 Å². The molecule has 0 saturated carbocycles. The quantitative estimate of drug-likeness (QED) is 0.923. The fourth-order valence-corrected chi connectivity index (χ4v) is 3.24. The molecule has 2 N–H and O–H groups in total. The van der Waals surface area contributed by atoms with Crippen molar-refractivity contribution in [2.24, 2.45) is 11.7 Å². The van der Waals surface area contributed by atoms with Gasteiger partial charge >= 0.3 is 0 Å². The normalized spacial score (nSPS) is 24.7. The largest absolute Gasteiger partial charge is 0.330 e. The number of rotatable bonds is 4. The van der Waals surface area contributed by atoms with Gasteiger partial charge in [0, 0.05) is 16.1 Å². The van der Waals surface area contributed by atoms with Crippen molar-refractivity contribution in [1.82, 2.24) is 4.90 Å². The number of halogens is 2. The van der Waals surface area contributed by atoms with Crippen LogP contribution >= 0.6 is 15.9 Å². The predicted molar refractivity (Wildman–Crippen MR) is 75.9 cm³/mol. The highest BCUT2D eigenvalue weighted by atomic mass is 79.9. The third-order valence-electron chi connectivity index (χ3n) is 3.72. The van der Waals surface area contributed by atoms with Gasteiger partial charge in [0.1, 0.15) is 5.82 Å². The molecule has 1 heterocycles. The first-order valence-corrected chi connectivity index (χ1v) is 7.35. The van der Waals surface area contributed by atoms with Gasteiger partial charge in [0.25, 0.3) is 0 Å². The average Bonchev–Trinajstić information content (AvgIpc) is 2.73. The molecular formula is C14H20BrFN2. The highest BCUT2D eigenvalue weighted by Gasteiger charge is 2.35. The minimum Gasteiger partial charge on any atom is -0.330 e. The molecular weight excluding hydrogens is 295 g/mol. The fraction of sp³-hybridized carbons (Fsp3) is 0.571. The van der Waals surface area contributed by atoms with E-state index < -0.39 is 0 Å². The zero-order valence-corrected chi connectivity index (χ0v) is 12.3. The summed E-state index contributed by atoms with van der Waals surface area (Å²) in [5.74, 6) is 0.239. The summed E-state index contributed by atoms with van der Waals surface area (Å²) in [6.45, 7) is 4.82. The maximum atomic E-state index is 14.1. The SMILES string of the molecule is CCCN1CCC(CN)C1c1ccc(Br)cc1F. The molecule has 0 bridgehead atoms. The average molecular weight is 315 g/mol. The first-order valence-electron chi connectivity index (χ1n) is 6.56. The van der Waals surface area contributed by atoms with Gasteiger partial charge < -0.3 is 5.73 Å². The van der Waals surface area contributed by atoms with Gasteiger partial charge in [-0.3, -0.25) is 4.90 Å². The number of benzene rings is 1. The molecule has 1 aromatic rings. The molecule has 2 atom stereocenters. The Bertz CT molecular complexity index is 411. The van der Waals surface area contributed by atoms with Crippen LogP contribution in [0.4, 0.5) is 4.39 Å². The van der Waals surface area contributed by atoms with E-state index in [1.54, 1.807) is 6.07 Å². The maximum Gasteiger partial charge on any atom is 0.129 e. The summed E-state index contributed by atoms with van der Waals surface area (Å²) in [6.07, 6.45) is 2.16. The minimum atomic E-state index is -0.129. The van der Waals surface area contributed by atoms with E-state index in [1.165, 1.54) is 0 Å². The molecule has 1 aliphatic heterocycles. The number of nitrogens with two attached hydrogens (primary N) is 1. The van der Waals surface area contributed by atoms with Gasteiger partial charge in [0.2, 0.25) is 0 Å². The second-order valence-electron chi connectivity index (χ2n) is 4.93. The summed E-state index contributed by atoms with van der Waals surface area (Å²) < 4.78 is 14.9. The molecule has 1 fully saturated rings. The Hall–Kier alpha value is -0.450. The second kappa shape index (κ2) is 6.13. The van der Waals surface area contributed by atoms with Crippen molar-refractivity contribution >= 4 is 15.9 Å². The summed E-state index contributed by atoms with van der Waals surface area (Å²) in [5.41, 5.74) is 6.63. The van der Waals surface area contributed by atoms with Gasteiger partial charge in [0.05, 0.1) is 0 Å². The molecule has 1 aliphatic rings. The minimum absolute atomic E-state index is 0.129. The van der Waals surface area contributed by atoms with Crippen molar-refractivity contribution in [2.45, 2.75) is 25.8 Å². The van der Waals surface area contributed by atoms with Gasteiger partial charge in [0.15, 0.2) is 0 Å². The Kier molecular flexibility index (Phi) is 4.76. The van der Waals surface area contributed by atoms with Gasteiger partial charge in [-0.05, 0) is 50.5 Å². The predicted octanol–water partition coefficient (Wildman–Crippen LogP) is 3.32. The van der Waals surface area contributed by atoms with E-state index in [0.29, 0.717) is 12.5 Å². The van der Waals surface area contributed by atoms with Crippen LogP contribution in [0.2, 0.25) is 0 Å². The molecule has 2 rings (SSSR count). The number of hydrogen-bond donors (Lipinski definition) is 1. The Morgan fingerprint density at radius 3 is 2.89 bits per heavy atom. The summed E-state index contributed by atoms with van der Waals surface area (Å²) in [5, 5.41) is 0.